The summed E-state index contributed by atoms with van der Waals surface area (Å²) in [7, 11) is 0. The van der Waals surface area contributed by atoms with Crippen molar-refractivity contribution in [3.8, 4) is 0 Å². The maximum Gasteiger partial charge on any atom is 0.416 e. The zero-order valence-corrected chi connectivity index (χ0v) is 21.1. The Morgan fingerprint density at radius 1 is 0.692 bits per heavy atom. The van der Waals surface area contributed by atoms with Crippen LogP contribution in [0.3, 0.4) is 0 Å². The van der Waals surface area contributed by atoms with Gasteiger partial charge in [0.1, 0.15) is 0 Å². The Morgan fingerprint density at radius 3 is 1.92 bits per heavy atom. The summed E-state index contributed by atoms with van der Waals surface area (Å²) in [6.07, 6.45) is -7.22. The molecule has 1 amide bonds. The maximum atomic E-state index is 13.4. The van der Waals surface area contributed by atoms with Gasteiger partial charge in [-0.15, -0.1) is 0 Å². The lowest BCUT2D eigenvalue weighted by Gasteiger charge is -2.39. The van der Waals surface area contributed by atoms with Gasteiger partial charge in [-0.25, -0.2) is 0 Å². The van der Waals surface area contributed by atoms with E-state index in [1.165, 1.54) is 4.90 Å². The second-order valence-electron chi connectivity index (χ2n) is 10.2. The summed E-state index contributed by atoms with van der Waals surface area (Å²) < 4.78 is 80.5. The SMILES string of the molecule is O=C(c1cc(C(F)(F)F)cc(C(F)(F)F)c1)N1CC[C@H](c2cccc(N3CCCC3)c2)[C@H](c2ccccc2)C1. The van der Waals surface area contributed by atoms with Gasteiger partial charge in [-0.1, -0.05) is 42.5 Å². The molecule has 0 aromatic heterocycles. The summed E-state index contributed by atoms with van der Waals surface area (Å²) in [6.45, 7) is 2.39. The number of anilines is 1. The van der Waals surface area contributed by atoms with Crippen LogP contribution in [0, 0.1) is 0 Å². The minimum absolute atomic E-state index is 0.0336. The van der Waals surface area contributed by atoms with Crippen LogP contribution in [0.5, 0.6) is 0 Å². The van der Waals surface area contributed by atoms with Crippen LogP contribution < -0.4 is 4.90 Å². The summed E-state index contributed by atoms with van der Waals surface area (Å²) in [4.78, 5) is 17.1. The van der Waals surface area contributed by atoms with Crippen LogP contribution in [0.15, 0.2) is 72.8 Å². The van der Waals surface area contributed by atoms with E-state index in [2.05, 4.69) is 23.1 Å². The Balaban J connectivity index is 1.47. The standard InChI is InChI=1S/C30H28F6N2O/c31-29(32,33)23-15-22(16-24(18-23)30(34,35)36)28(39)38-14-11-26(27(19-38)20-7-2-1-3-8-20)21-9-6-10-25(17-21)37-12-4-5-13-37/h1-3,6-10,15-18,26-27H,4-5,11-14,19H2/t26-,27+/m1/s1. The first-order valence-electron chi connectivity index (χ1n) is 13.0. The van der Waals surface area contributed by atoms with Crippen molar-refractivity contribution in [3.05, 3.63) is 101 Å². The highest BCUT2D eigenvalue weighted by molar-refractivity contribution is 5.95. The van der Waals surface area contributed by atoms with Crippen LogP contribution >= 0.6 is 0 Å². The molecule has 5 rings (SSSR count). The van der Waals surface area contributed by atoms with Crippen LogP contribution in [0.25, 0.3) is 0 Å². The lowest BCUT2D eigenvalue weighted by Crippen LogP contribution is -2.42. The maximum absolute atomic E-state index is 13.4. The minimum Gasteiger partial charge on any atom is -0.372 e. The molecule has 39 heavy (non-hydrogen) atoms. The number of likely N-dealkylation sites (tertiary alicyclic amines) is 1. The van der Waals surface area contributed by atoms with Crippen LogP contribution in [-0.4, -0.2) is 37.0 Å². The third-order valence-electron chi connectivity index (χ3n) is 7.73. The predicted octanol–water partition coefficient (Wildman–Crippen LogP) is 7.74. The molecule has 2 aliphatic heterocycles. The van der Waals surface area contributed by atoms with Crippen molar-refractivity contribution < 1.29 is 31.1 Å². The number of halogens is 6. The first kappa shape index (κ1) is 27.1. The highest BCUT2D eigenvalue weighted by atomic mass is 19.4. The predicted molar refractivity (Wildman–Crippen MR) is 137 cm³/mol. The summed E-state index contributed by atoms with van der Waals surface area (Å²) in [5, 5.41) is 0. The van der Waals surface area contributed by atoms with E-state index in [1.54, 1.807) is 0 Å². The fourth-order valence-corrected chi connectivity index (χ4v) is 5.76. The van der Waals surface area contributed by atoms with Crippen molar-refractivity contribution >= 4 is 11.6 Å². The second kappa shape index (κ2) is 10.6. The van der Waals surface area contributed by atoms with Crippen molar-refractivity contribution in [2.75, 3.05) is 31.1 Å². The molecule has 2 aliphatic rings. The molecule has 2 atom stereocenters. The molecule has 3 aromatic rings. The largest absolute Gasteiger partial charge is 0.416 e. The summed E-state index contributed by atoms with van der Waals surface area (Å²) in [5.41, 5.74) is -0.384. The van der Waals surface area contributed by atoms with Gasteiger partial charge >= 0.3 is 12.4 Å². The molecule has 2 heterocycles. The van der Waals surface area contributed by atoms with Gasteiger partial charge in [-0.2, -0.15) is 26.3 Å². The molecule has 3 aromatic carbocycles. The Bertz CT molecular complexity index is 1280. The molecule has 0 N–H and O–H groups in total. The number of benzene rings is 3. The van der Waals surface area contributed by atoms with E-state index in [-0.39, 0.29) is 31.0 Å². The number of hydrogen-bond acceptors (Lipinski definition) is 2. The van der Waals surface area contributed by atoms with E-state index in [4.69, 9.17) is 0 Å². The Hall–Kier alpha value is -3.49. The Labute approximate surface area is 223 Å². The van der Waals surface area contributed by atoms with Gasteiger partial charge in [-0.3, -0.25) is 4.79 Å². The van der Waals surface area contributed by atoms with E-state index in [0.29, 0.717) is 18.6 Å². The van der Waals surface area contributed by atoms with Crippen LogP contribution in [0.2, 0.25) is 0 Å². The highest BCUT2D eigenvalue weighted by Gasteiger charge is 2.39. The molecule has 0 spiro atoms. The van der Waals surface area contributed by atoms with E-state index in [0.717, 1.165) is 42.7 Å². The lowest BCUT2D eigenvalue weighted by molar-refractivity contribution is -0.143. The number of nitrogens with zero attached hydrogens (tertiary/aromatic N) is 2. The van der Waals surface area contributed by atoms with Gasteiger partial charge in [0, 0.05) is 43.3 Å². The molecule has 0 bridgehead atoms. The number of amides is 1. The summed E-state index contributed by atoms with van der Waals surface area (Å²) >= 11 is 0. The normalized spacial score (nSPS) is 20.4. The zero-order valence-electron chi connectivity index (χ0n) is 21.1. The molecule has 0 unspecified atom stereocenters. The molecular formula is C30H28F6N2O. The number of alkyl halides is 6. The molecule has 206 valence electrons. The van der Waals surface area contributed by atoms with E-state index in [1.807, 2.05) is 36.4 Å². The zero-order chi connectivity index (χ0) is 27.8. The second-order valence-corrected chi connectivity index (χ2v) is 10.2. The van der Waals surface area contributed by atoms with Gasteiger partial charge in [0.15, 0.2) is 0 Å². The van der Waals surface area contributed by atoms with E-state index in [9.17, 15) is 31.1 Å². The van der Waals surface area contributed by atoms with Crippen molar-refractivity contribution in [1.29, 1.82) is 0 Å². The van der Waals surface area contributed by atoms with Gasteiger partial charge in [0.2, 0.25) is 0 Å². The molecule has 2 saturated heterocycles. The Kier molecular flexibility index (Phi) is 7.35. The number of carbonyl (C=O) groups is 1. The Morgan fingerprint density at radius 2 is 1.31 bits per heavy atom. The number of rotatable bonds is 4. The van der Waals surface area contributed by atoms with Gasteiger partial charge in [0.05, 0.1) is 11.1 Å². The molecule has 9 heteroatoms. The fraction of sp³-hybridized carbons (Fsp3) is 0.367. The number of hydrogen-bond donors (Lipinski definition) is 0. The van der Waals surface area contributed by atoms with E-state index < -0.39 is 35.0 Å². The van der Waals surface area contributed by atoms with Crippen molar-refractivity contribution in [1.82, 2.24) is 4.90 Å². The third-order valence-corrected chi connectivity index (χ3v) is 7.73. The van der Waals surface area contributed by atoms with Crippen LogP contribution in [-0.2, 0) is 12.4 Å². The molecule has 2 fully saturated rings. The van der Waals surface area contributed by atoms with E-state index >= 15 is 0 Å². The average Bonchev–Trinajstić information content (AvgIpc) is 3.47. The topological polar surface area (TPSA) is 23.6 Å². The molecule has 0 aliphatic carbocycles. The fourth-order valence-electron chi connectivity index (χ4n) is 5.76. The quantitative estimate of drug-likeness (QED) is 0.313. The molecule has 0 radical (unpaired) electrons. The molecular weight excluding hydrogens is 518 g/mol. The number of carbonyl (C=O) groups excluding carboxylic acids is 1. The van der Waals surface area contributed by atoms with Crippen molar-refractivity contribution in [3.63, 3.8) is 0 Å². The van der Waals surface area contributed by atoms with Crippen LogP contribution in [0.1, 0.15) is 63.7 Å². The smallest absolute Gasteiger partial charge is 0.372 e. The van der Waals surface area contributed by atoms with Crippen LogP contribution in [0.4, 0.5) is 32.0 Å². The summed E-state index contributed by atoms with van der Waals surface area (Å²) in [5.74, 6) is -0.978. The average molecular weight is 547 g/mol. The number of piperidine rings is 1. The molecule has 0 saturated carbocycles. The highest BCUT2D eigenvalue weighted by Crippen LogP contribution is 2.42. The van der Waals surface area contributed by atoms with Gasteiger partial charge in [-0.05, 0) is 66.6 Å². The molecule has 3 nitrogen and oxygen atoms in total. The van der Waals surface area contributed by atoms with Crippen molar-refractivity contribution in [2.24, 2.45) is 0 Å². The van der Waals surface area contributed by atoms with Crippen molar-refractivity contribution in [2.45, 2.75) is 43.5 Å². The van der Waals surface area contributed by atoms with Gasteiger partial charge in [0.25, 0.3) is 5.91 Å². The first-order chi connectivity index (χ1) is 18.5. The monoisotopic (exact) mass is 546 g/mol. The van der Waals surface area contributed by atoms with Gasteiger partial charge < -0.3 is 9.80 Å². The third kappa shape index (κ3) is 5.92. The summed E-state index contributed by atoms with van der Waals surface area (Å²) in [6, 6.07) is 18.9. The minimum atomic E-state index is -5.02. The first-order valence-corrected chi connectivity index (χ1v) is 13.0. The lowest BCUT2D eigenvalue weighted by atomic mass is 9.76.